The number of unbranched alkanes of at least 4 members (excludes halogenated alkanes) is 4. The second-order valence-corrected chi connectivity index (χ2v) is 8.08. The highest BCUT2D eigenvalue weighted by atomic mass is 16.6. The third-order valence-electron chi connectivity index (χ3n) is 5.62. The Kier molecular flexibility index (Phi) is 10.0. The van der Waals surface area contributed by atoms with E-state index in [-0.39, 0.29) is 34.1 Å². The van der Waals surface area contributed by atoms with Gasteiger partial charge in [0, 0.05) is 6.07 Å². The Labute approximate surface area is 200 Å². The highest BCUT2D eigenvalue weighted by Crippen LogP contribution is 2.43. The van der Waals surface area contributed by atoms with E-state index < -0.39 is 17.7 Å². The summed E-state index contributed by atoms with van der Waals surface area (Å²) < 4.78 is 16.1. The number of ether oxygens (including phenoxy) is 3. The van der Waals surface area contributed by atoms with Crippen LogP contribution in [0, 0.1) is 0 Å². The van der Waals surface area contributed by atoms with Gasteiger partial charge in [-0.15, -0.1) is 0 Å². The molecule has 2 aromatic rings. The molecule has 0 atom stereocenters. The zero-order valence-corrected chi connectivity index (χ0v) is 20.3. The van der Waals surface area contributed by atoms with Gasteiger partial charge in [-0.2, -0.15) is 0 Å². The van der Waals surface area contributed by atoms with E-state index >= 15 is 0 Å². The van der Waals surface area contributed by atoms with Crippen LogP contribution in [0.1, 0.15) is 84.2 Å². The predicted molar refractivity (Wildman–Crippen MR) is 128 cm³/mol. The number of carbonyl (C=O) groups excluding carboxylic acids is 1. The number of hydrogen-bond donors (Lipinski definition) is 3. The third kappa shape index (κ3) is 6.34. The molecule has 0 amide bonds. The number of phenols is 2. The summed E-state index contributed by atoms with van der Waals surface area (Å²) in [6.07, 6.45) is 6.23. The van der Waals surface area contributed by atoms with Gasteiger partial charge in [0.1, 0.15) is 22.6 Å². The quantitative estimate of drug-likeness (QED) is 0.198. The summed E-state index contributed by atoms with van der Waals surface area (Å²) in [5.41, 5.74) is 0.711. The molecule has 186 valence electrons. The van der Waals surface area contributed by atoms with Gasteiger partial charge in [-0.25, -0.2) is 9.59 Å². The molecule has 0 aliphatic rings. The first-order chi connectivity index (χ1) is 16.3. The van der Waals surface area contributed by atoms with Crippen molar-refractivity contribution in [1.82, 2.24) is 0 Å². The van der Waals surface area contributed by atoms with Crippen LogP contribution in [0.2, 0.25) is 0 Å². The van der Waals surface area contributed by atoms with Crippen molar-refractivity contribution in [2.75, 3.05) is 14.2 Å². The smallest absolute Gasteiger partial charge is 0.347 e. The molecule has 0 fully saturated rings. The van der Waals surface area contributed by atoms with Crippen LogP contribution < -0.4 is 14.2 Å². The molecular weight excluding hydrogens is 440 g/mol. The number of methoxy groups -OCH3 is 2. The Bertz CT molecular complexity index is 1010. The molecule has 0 unspecified atom stereocenters. The number of carbonyl (C=O) groups is 2. The number of hydrogen-bond acceptors (Lipinski definition) is 7. The number of aromatic carboxylic acids is 1. The first-order valence-electron chi connectivity index (χ1n) is 11.6. The minimum Gasteiger partial charge on any atom is -0.508 e. The fourth-order valence-electron chi connectivity index (χ4n) is 3.89. The number of esters is 1. The van der Waals surface area contributed by atoms with Crippen LogP contribution >= 0.6 is 0 Å². The Morgan fingerprint density at radius 2 is 1.35 bits per heavy atom. The van der Waals surface area contributed by atoms with Gasteiger partial charge in [0.2, 0.25) is 5.75 Å². The standard InChI is InChI=1S/C26H34O8/c1-5-7-9-11-16-13-18(27)15-19(32-3)21(16)26(31)34-24-20(33-4)14-17(12-10-8-6-2)22(23(24)28)25(29)30/h13-15,27-28H,5-12H2,1-4H3,(H,29,30). The molecule has 0 spiro atoms. The fraction of sp³-hybridized carbons (Fsp3) is 0.462. The molecule has 0 aliphatic heterocycles. The lowest BCUT2D eigenvalue weighted by atomic mass is 9.98. The number of carboxylic acids is 1. The summed E-state index contributed by atoms with van der Waals surface area (Å²) in [6, 6.07) is 4.26. The lowest BCUT2D eigenvalue weighted by molar-refractivity contribution is 0.0676. The van der Waals surface area contributed by atoms with Crippen molar-refractivity contribution in [2.45, 2.75) is 65.2 Å². The third-order valence-corrected chi connectivity index (χ3v) is 5.62. The first-order valence-corrected chi connectivity index (χ1v) is 11.6. The Morgan fingerprint density at radius 1 is 0.794 bits per heavy atom. The van der Waals surface area contributed by atoms with Crippen LogP contribution in [0.5, 0.6) is 28.7 Å². The molecule has 34 heavy (non-hydrogen) atoms. The van der Waals surface area contributed by atoms with Crippen molar-refractivity contribution in [2.24, 2.45) is 0 Å². The largest absolute Gasteiger partial charge is 0.508 e. The second kappa shape index (κ2) is 12.7. The van der Waals surface area contributed by atoms with E-state index in [1.165, 1.54) is 32.4 Å². The fourth-order valence-corrected chi connectivity index (χ4v) is 3.89. The summed E-state index contributed by atoms with van der Waals surface area (Å²) in [5.74, 6) is -3.11. The lowest BCUT2D eigenvalue weighted by Gasteiger charge is -2.18. The first kappa shape index (κ1) is 26.8. The molecule has 0 radical (unpaired) electrons. The maximum absolute atomic E-state index is 13.3. The lowest BCUT2D eigenvalue weighted by Crippen LogP contribution is -2.15. The van der Waals surface area contributed by atoms with E-state index in [0.29, 0.717) is 24.0 Å². The van der Waals surface area contributed by atoms with Crippen molar-refractivity contribution < 1.29 is 39.1 Å². The van der Waals surface area contributed by atoms with E-state index in [2.05, 4.69) is 6.92 Å². The number of aryl methyl sites for hydroxylation is 2. The molecule has 2 rings (SSSR count). The highest BCUT2D eigenvalue weighted by Gasteiger charge is 2.28. The summed E-state index contributed by atoms with van der Waals surface area (Å²) in [7, 11) is 2.72. The molecule has 0 aliphatic carbocycles. The normalized spacial score (nSPS) is 10.7. The number of phenolic OH excluding ortho intramolecular Hbond substituents is 1. The van der Waals surface area contributed by atoms with Crippen molar-refractivity contribution in [3.63, 3.8) is 0 Å². The maximum atomic E-state index is 13.3. The Morgan fingerprint density at radius 3 is 1.85 bits per heavy atom. The zero-order valence-electron chi connectivity index (χ0n) is 20.3. The van der Waals surface area contributed by atoms with Gasteiger partial charge in [-0.05, 0) is 48.9 Å². The average Bonchev–Trinajstić information content (AvgIpc) is 2.80. The van der Waals surface area contributed by atoms with Gasteiger partial charge < -0.3 is 29.5 Å². The SMILES string of the molecule is CCCCCc1cc(O)cc(OC)c1C(=O)Oc1c(OC)cc(CCCCC)c(C(=O)O)c1O. The van der Waals surface area contributed by atoms with E-state index in [9.17, 15) is 24.9 Å². The van der Waals surface area contributed by atoms with Crippen LogP contribution in [-0.2, 0) is 12.8 Å². The molecule has 8 nitrogen and oxygen atoms in total. The van der Waals surface area contributed by atoms with E-state index in [0.717, 1.165) is 38.5 Å². The number of carboxylic acid groups (broad SMARTS) is 1. The summed E-state index contributed by atoms with van der Waals surface area (Å²) in [6.45, 7) is 4.09. The van der Waals surface area contributed by atoms with Crippen LogP contribution in [0.4, 0.5) is 0 Å². The van der Waals surface area contributed by atoms with Gasteiger partial charge in [0.15, 0.2) is 11.5 Å². The Balaban J connectivity index is 2.53. The molecule has 0 aromatic heterocycles. The molecule has 0 heterocycles. The summed E-state index contributed by atoms with van der Waals surface area (Å²) >= 11 is 0. The van der Waals surface area contributed by atoms with Crippen molar-refractivity contribution in [3.05, 3.63) is 40.5 Å². The number of benzene rings is 2. The molecular formula is C26H34O8. The molecule has 0 saturated heterocycles. The average molecular weight is 475 g/mol. The van der Waals surface area contributed by atoms with Crippen molar-refractivity contribution >= 4 is 11.9 Å². The number of rotatable bonds is 13. The highest BCUT2D eigenvalue weighted by molar-refractivity contribution is 5.98. The molecule has 0 bridgehead atoms. The minimum absolute atomic E-state index is 0.0487. The van der Waals surface area contributed by atoms with Gasteiger partial charge in [-0.1, -0.05) is 39.5 Å². The van der Waals surface area contributed by atoms with Gasteiger partial charge in [0.05, 0.1) is 14.2 Å². The minimum atomic E-state index is -1.33. The Hall–Kier alpha value is -3.42. The predicted octanol–water partition coefficient (Wildman–Crippen LogP) is 5.50. The van der Waals surface area contributed by atoms with Crippen molar-refractivity contribution in [1.29, 1.82) is 0 Å². The molecule has 3 N–H and O–H groups in total. The van der Waals surface area contributed by atoms with Crippen LogP contribution in [0.25, 0.3) is 0 Å². The van der Waals surface area contributed by atoms with Gasteiger partial charge >= 0.3 is 11.9 Å². The summed E-state index contributed by atoms with van der Waals surface area (Å²) in [4.78, 5) is 25.2. The molecule has 0 saturated carbocycles. The molecule has 8 heteroatoms. The maximum Gasteiger partial charge on any atom is 0.347 e. The van der Waals surface area contributed by atoms with Gasteiger partial charge in [-0.3, -0.25) is 0 Å². The van der Waals surface area contributed by atoms with E-state index in [4.69, 9.17) is 14.2 Å². The summed E-state index contributed by atoms with van der Waals surface area (Å²) in [5, 5.41) is 30.6. The van der Waals surface area contributed by atoms with Crippen LogP contribution in [-0.4, -0.2) is 41.5 Å². The second-order valence-electron chi connectivity index (χ2n) is 8.08. The van der Waals surface area contributed by atoms with Crippen LogP contribution in [0.3, 0.4) is 0 Å². The molecule has 2 aromatic carbocycles. The van der Waals surface area contributed by atoms with Gasteiger partial charge in [0.25, 0.3) is 0 Å². The van der Waals surface area contributed by atoms with Crippen LogP contribution in [0.15, 0.2) is 18.2 Å². The monoisotopic (exact) mass is 474 g/mol. The topological polar surface area (TPSA) is 123 Å². The van der Waals surface area contributed by atoms with E-state index in [1.807, 2.05) is 6.92 Å². The van der Waals surface area contributed by atoms with E-state index in [1.54, 1.807) is 0 Å². The zero-order chi connectivity index (χ0) is 25.3. The van der Waals surface area contributed by atoms with Crippen molar-refractivity contribution in [3.8, 4) is 28.7 Å². The number of aromatic hydroxyl groups is 2.